The van der Waals surface area contributed by atoms with Gasteiger partial charge in [-0.1, -0.05) is 167 Å². The van der Waals surface area contributed by atoms with Gasteiger partial charge in [-0.3, -0.25) is 18.6 Å². The Morgan fingerprint density at radius 1 is 0.593 bits per heavy atom. The third-order valence-electron chi connectivity index (χ3n) is 9.24. The molecule has 0 saturated heterocycles. The van der Waals surface area contributed by atoms with Crippen molar-refractivity contribution in [1.82, 2.24) is 0 Å². The summed E-state index contributed by atoms with van der Waals surface area (Å²) in [6.07, 6.45) is 44.3. The number of allylic oxidation sites excluding steroid dienone is 5. The Morgan fingerprint density at radius 3 is 1.56 bits per heavy atom. The predicted molar refractivity (Wildman–Crippen MR) is 221 cm³/mol. The summed E-state index contributed by atoms with van der Waals surface area (Å²) in [5, 5.41) is 8.88. The summed E-state index contributed by atoms with van der Waals surface area (Å²) in [6.45, 7) is 3.23. The first-order valence-corrected chi connectivity index (χ1v) is 23.1. The minimum absolute atomic E-state index is 0.0715. The summed E-state index contributed by atoms with van der Waals surface area (Å²) in [5.41, 5.74) is 5.34. The zero-order valence-electron chi connectivity index (χ0n) is 34.3. The molecule has 0 aromatic rings. The number of unbranched alkanes of at least 4 members (excludes halogenated alkanes) is 23. The summed E-state index contributed by atoms with van der Waals surface area (Å²) in [4.78, 5) is 33.5. The molecule has 0 aromatic heterocycles. The largest absolute Gasteiger partial charge is 0.498 e. The highest BCUT2D eigenvalue weighted by atomic mass is 31.2. The summed E-state index contributed by atoms with van der Waals surface area (Å²) >= 11 is 0. The van der Waals surface area contributed by atoms with E-state index in [0.717, 1.165) is 57.8 Å². The molecule has 0 aliphatic rings. The van der Waals surface area contributed by atoms with E-state index in [1.165, 1.54) is 109 Å². The molecule has 0 spiro atoms. The molecule has 3 atom stereocenters. The van der Waals surface area contributed by atoms with E-state index in [2.05, 4.69) is 38.2 Å². The first-order valence-electron chi connectivity index (χ1n) is 21.6. The Bertz CT molecular complexity index is 1000. The van der Waals surface area contributed by atoms with Crippen LogP contribution < -0.4 is 5.73 Å². The van der Waals surface area contributed by atoms with E-state index in [1.807, 2.05) is 6.08 Å². The van der Waals surface area contributed by atoms with Crippen molar-refractivity contribution < 1.29 is 42.7 Å². The smallest absolute Gasteiger partial charge is 0.472 e. The molecule has 0 fully saturated rings. The number of nitrogens with two attached hydrogens (primary N) is 1. The second-order valence-electron chi connectivity index (χ2n) is 14.5. The van der Waals surface area contributed by atoms with Crippen LogP contribution >= 0.6 is 7.82 Å². The Kier molecular flexibility index (Phi) is 37.8. The number of carboxylic acids is 1. The quantitative estimate of drug-likeness (QED) is 0.0179. The number of ether oxygens (including phenoxy) is 2. The molecule has 0 aromatic carbocycles. The lowest BCUT2D eigenvalue weighted by Crippen LogP contribution is -2.34. The van der Waals surface area contributed by atoms with Crippen molar-refractivity contribution in [1.29, 1.82) is 0 Å². The molecule has 4 N–H and O–H groups in total. The van der Waals surface area contributed by atoms with E-state index in [0.29, 0.717) is 6.42 Å². The van der Waals surface area contributed by atoms with Crippen molar-refractivity contribution in [2.24, 2.45) is 5.73 Å². The molecule has 0 rings (SSSR count). The van der Waals surface area contributed by atoms with Crippen LogP contribution in [0.4, 0.5) is 0 Å². The molecule has 11 heteroatoms. The van der Waals surface area contributed by atoms with E-state index in [-0.39, 0.29) is 13.0 Å². The highest BCUT2D eigenvalue weighted by Crippen LogP contribution is 2.43. The van der Waals surface area contributed by atoms with Crippen LogP contribution in [0.1, 0.15) is 194 Å². The second-order valence-corrected chi connectivity index (χ2v) is 16.0. The van der Waals surface area contributed by atoms with Gasteiger partial charge in [-0.05, 0) is 51.0 Å². The first-order chi connectivity index (χ1) is 26.2. The zero-order chi connectivity index (χ0) is 39.8. The number of phosphoric ester groups is 1. The number of carboxylic acid groups (broad SMARTS) is 1. The highest BCUT2D eigenvalue weighted by molar-refractivity contribution is 7.47. The molecule has 0 aliphatic heterocycles. The molecule has 0 bridgehead atoms. The van der Waals surface area contributed by atoms with E-state index < -0.39 is 45.1 Å². The molecule has 0 heterocycles. The van der Waals surface area contributed by atoms with Crippen molar-refractivity contribution in [3.8, 4) is 0 Å². The maximum absolute atomic E-state index is 12.6. The van der Waals surface area contributed by atoms with Crippen LogP contribution in [-0.2, 0) is 32.7 Å². The van der Waals surface area contributed by atoms with E-state index >= 15 is 0 Å². The molecule has 0 aliphatic carbocycles. The van der Waals surface area contributed by atoms with E-state index in [1.54, 1.807) is 6.26 Å². The Labute approximate surface area is 329 Å². The minimum atomic E-state index is -4.63. The third-order valence-corrected chi connectivity index (χ3v) is 10.2. The summed E-state index contributed by atoms with van der Waals surface area (Å²) in [6, 6.07) is -1.48. The van der Waals surface area contributed by atoms with Crippen LogP contribution in [0.25, 0.3) is 0 Å². The average Bonchev–Trinajstić information content (AvgIpc) is 3.15. The van der Waals surface area contributed by atoms with Gasteiger partial charge in [-0.2, -0.15) is 0 Å². The molecule has 54 heavy (non-hydrogen) atoms. The number of aliphatic carboxylic acids is 1. The lowest BCUT2D eigenvalue weighted by atomic mass is 10.0. The third kappa shape index (κ3) is 38.3. The van der Waals surface area contributed by atoms with Gasteiger partial charge in [-0.25, -0.2) is 4.57 Å². The Balaban J connectivity index is 4.29. The molecule has 0 amide bonds. The maximum atomic E-state index is 12.6. The van der Waals surface area contributed by atoms with Gasteiger partial charge in [0.2, 0.25) is 0 Å². The molecule has 1 unspecified atom stereocenters. The fourth-order valence-electron chi connectivity index (χ4n) is 5.82. The van der Waals surface area contributed by atoms with Gasteiger partial charge in [0.15, 0.2) is 6.10 Å². The lowest BCUT2D eigenvalue weighted by Gasteiger charge is -2.20. The van der Waals surface area contributed by atoms with Gasteiger partial charge < -0.3 is 25.2 Å². The summed E-state index contributed by atoms with van der Waals surface area (Å²) in [7, 11) is -4.63. The number of phosphoric acid groups is 1. The van der Waals surface area contributed by atoms with E-state index in [4.69, 9.17) is 29.4 Å². The zero-order valence-corrected chi connectivity index (χ0v) is 35.2. The van der Waals surface area contributed by atoms with Crippen LogP contribution in [0.5, 0.6) is 0 Å². The minimum Gasteiger partial charge on any atom is -0.498 e. The van der Waals surface area contributed by atoms with Crippen molar-refractivity contribution >= 4 is 19.8 Å². The van der Waals surface area contributed by atoms with Crippen LogP contribution in [0, 0.1) is 0 Å². The molecule has 316 valence electrons. The average molecular weight is 786 g/mol. The first kappa shape index (κ1) is 52.0. The SMILES string of the molecule is CCCC/C=C\C/C=C\CCCCCCCC(=O)O[C@H](CO/C=C\CCCCCCCCCCCCCCCCCC)COP(=O)(O)OC[C@H](N)C(=O)O. The van der Waals surface area contributed by atoms with Gasteiger partial charge in [0, 0.05) is 6.42 Å². The monoisotopic (exact) mass is 786 g/mol. The fraction of sp³-hybridized carbons (Fsp3) is 0.814. The van der Waals surface area contributed by atoms with Gasteiger partial charge in [0.1, 0.15) is 12.6 Å². The second kappa shape index (κ2) is 39.3. The van der Waals surface area contributed by atoms with Gasteiger partial charge in [-0.15, -0.1) is 0 Å². The van der Waals surface area contributed by atoms with Gasteiger partial charge >= 0.3 is 19.8 Å². The lowest BCUT2D eigenvalue weighted by molar-refractivity contribution is -0.153. The van der Waals surface area contributed by atoms with Crippen LogP contribution in [0.3, 0.4) is 0 Å². The number of carbonyl (C=O) groups excluding carboxylic acids is 1. The Morgan fingerprint density at radius 2 is 1.04 bits per heavy atom. The number of esters is 1. The molecular formula is C43H80NO9P. The molecule has 10 nitrogen and oxygen atoms in total. The summed E-state index contributed by atoms with van der Waals surface area (Å²) < 4.78 is 33.1. The standard InChI is InChI=1S/C43H80NO9P/c1-3-5-7-9-11-13-15-17-19-20-21-22-24-26-28-30-32-34-36-50-37-40(38-51-54(48,49)52-39-41(44)43(46)47)53-42(45)35-33-31-29-27-25-23-18-16-14-12-10-8-6-4-2/h10,12,16,18,34,36,40-41H,3-9,11,13-15,17,19-33,35,37-39,44H2,1-2H3,(H,46,47)(H,48,49)/b12-10-,18-16-,36-34-/t40-,41+/m1/s1. The van der Waals surface area contributed by atoms with Crippen LogP contribution in [0.15, 0.2) is 36.6 Å². The topological polar surface area (TPSA) is 155 Å². The molecule has 0 saturated carbocycles. The van der Waals surface area contributed by atoms with Crippen molar-refractivity contribution in [3.05, 3.63) is 36.6 Å². The van der Waals surface area contributed by atoms with Crippen LogP contribution in [0.2, 0.25) is 0 Å². The van der Waals surface area contributed by atoms with Crippen molar-refractivity contribution in [2.75, 3.05) is 19.8 Å². The maximum Gasteiger partial charge on any atom is 0.472 e. The summed E-state index contributed by atoms with van der Waals surface area (Å²) in [5.74, 6) is -1.82. The predicted octanol–water partition coefficient (Wildman–Crippen LogP) is 12.0. The Hall–Kier alpha value is -1.97. The number of hydrogen-bond donors (Lipinski definition) is 3. The normalized spacial score (nSPS) is 14.2. The fourth-order valence-corrected chi connectivity index (χ4v) is 6.60. The van der Waals surface area contributed by atoms with Crippen LogP contribution in [-0.4, -0.2) is 53.9 Å². The highest BCUT2D eigenvalue weighted by Gasteiger charge is 2.27. The number of carbonyl (C=O) groups is 2. The molecular weight excluding hydrogens is 705 g/mol. The van der Waals surface area contributed by atoms with Gasteiger partial charge in [0.25, 0.3) is 0 Å². The van der Waals surface area contributed by atoms with Crippen molar-refractivity contribution in [2.45, 2.75) is 206 Å². The molecule has 0 radical (unpaired) electrons. The van der Waals surface area contributed by atoms with Gasteiger partial charge in [0.05, 0.1) is 19.5 Å². The number of hydrogen-bond acceptors (Lipinski definition) is 8. The van der Waals surface area contributed by atoms with Crippen molar-refractivity contribution in [3.63, 3.8) is 0 Å². The number of rotatable bonds is 41. The van der Waals surface area contributed by atoms with E-state index in [9.17, 15) is 19.0 Å².